The van der Waals surface area contributed by atoms with Crippen LogP contribution in [0.5, 0.6) is 0 Å². The Hall–Kier alpha value is -0.290. The zero-order chi connectivity index (χ0) is 10.6. The molecule has 0 fully saturated rings. The summed E-state index contributed by atoms with van der Waals surface area (Å²) in [6, 6.07) is 3.39. The van der Waals surface area contributed by atoms with E-state index in [0.29, 0.717) is 23.5 Å². The van der Waals surface area contributed by atoms with Gasteiger partial charge in [-0.2, -0.15) is 0 Å². The van der Waals surface area contributed by atoms with Gasteiger partial charge in [-0.3, -0.25) is 4.79 Å². The minimum atomic E-state index is -0.0716. The van der Waals surface area contributed by atoms with Crippen LogP contribution in [0.3, 0.4) is 0 Å². The molecule has 0 saturated carbocycles. The van der Waals surface area contributed by atoms with E-state index < -0.39 is 0 Å². The first-order valence-electron chi connectivity index (χ1n) is 4.29. The molecule has 1 aromatic heterocycles. The van der Waals surface area contributed by atoms with E-state index in [0.717, 1.165) is 5.33 Å². The molecule has 5 heteroatoms. The predicted molar refractivity (Wildman–Crippen MR) is 61.8 cm³/mol. The number of nitrogens with zero attached hydrogens (tertiary/aromatic N) is 1. The number of alkyl halides is 1. The van der Waals surface area contributed by atoms with Crippen molar-refractivity contribution in [1.29, 1.82) is 0 Å². The van der Waals surface area contributed by atoms with Crippen molar-refractivity contribution < 1.29 is 9.21 Å². The van der Waals surface area contributed by atoms with Gasteiger partial charge in [-0.25, -0.2) is 0 Å². The molecule has 0 aromatic carbocycles. The molecule has 1 heterocycles. The molecule has 14 heavy (non-hydrogen) atoms. The zero-order valence-electron chi connectivity index (χ0n) is 7.80. The van der Waals surface area contributed by atoms with Gasteiger partial charge in [-0.05, 0) is 35.0 Å². The molecule has 0 N–H and O–H groups in total. The van der Waals surface area contributed by atoms with Gasteiger partial charge in [0.2, 0.25) is 0 Å². The number of hydrogen-bond donors (Lipinski definition) is 0. The number of carbonyl (C=O) groups excluding carboxylic acids is 1. The molecule has 0 aliphatic carbocycles. The smallest absolute Gasteiger partial charge is 0.289 e. The molecule has 0 spiro atoms. The molecular formula is C9H11Br2NO2. The van der Waals surface area contributed by atoms with E-state index in [1.165, 1.54) is 0 Å². The molecule has 0 unspecified atom stereocenters. The average Bonchev–Trinajstić information content (AvgIpc) is 2.60. The lowest BCUT2D eigenvalue weighted by atomic mass is 10.4. The highest BCUT2D eigenvalue weighted by Gasteiger charge is 2.16. The van der Waals surface area contributed by atoms with Crippen LogP contribution in [0.1, 0.15) is 17.5 Å². The van der Waals surface area contributed by atoms with Gasteiger partial charge < -0.3 is 9.32 Å². The molecule has 0 aliphatic heterocycles. The van der Waals surface area contributed by atoms with E-state index in [-0.39, 0.29) is 5.91 Å². The summed E-state index contributed by atoms with van der Waals surface area (Å²) in [4.78, 5) is 13.5. The predicted octanol–water partition coefficient (Wildman–Crippen LogP) is 2.90. The number of hydrogen-bond acceptors (Lipinski definition) is 2. The number of halogens is 2. The van der Waals surface area contributed by atoms with E-state index in [2.05, 4.69) is 31.9 Å². The van der Waals surface area contributed by atoms with Crippen LogP contribution in [-0.4, -0.2) is 29.2 Å². The van der Waals surface area contributed by atoms with Crippen molar-refractivity contribution in [3.8, 4) is 0 Å². The lowest BCUT2D eigenvalue weighted by molar-refractivity contribution is 0.0741. The summed E-state index contributed by atoms with van der Waals surface area (Å²) in [7, 11) is 0. The van der Waals surface area contributed by atoms with Crippen LogP contribution in [0.4, 0.5) is 0 Å². The fourth-order valence-electron chi connectivity index (χ4n) is 1.09. The molecule has 1 aromatic rings. The molecule has 0 radical (unpaired) electrons. The summed E-state index contributed by atoms with van der Waals surface area (Å²) in [5.74, 6) is 0.303. The van der Waals surface area contributed by atoms with Crippen molar-refractivity contribution in [3.05, 3.63) is 22.6 Å². The lowest BCUT2D eigenvalue weighted by Gasteiger charge is -2.17. The molecule has 0 saturated heterocycles. The average molecular weight is 325 g/mol. The standard InChI is InChI=1S/C9H11Br2NO2/c1-2-12(6-5-10)9(13)7-3-4-8(11)14-7/h3-4H,2,5-6H2,1H3. The van der Waals surface area contributed by atoms with E-state index >= 15 is 0 Å². The maximum absolute atomic E-state index is 11.8. The third-order valence-electron chi connectivity index (χ3n) is 1.81. The van der Waals surface area contributed by atoms with Crippen molar-refractivity contribution >= 4 is 37.8 Å². The summed E-state index contributed by atoms with van der Waals surface area (Å²) < 4.78 is 5.76. The van der Waals surface area contributed by atoms with E-state index in [4.69, 9.17) is 4.42 Å². The van der Waals surface area contributed by atoms with Gasteiger partial charge in [0.25, 0.3) is 5.91 Å². The van der Waals surface area contributed by atoms with Crippen molar-refractivity contribution in [2.45, 2.75) is 6.92 Å². The minimum absolute atomic E-state index is 0.0716. The SMILES string of the molecule is CCN(CCBr)C(=O)c1ccc(Br)o1. The summed E-state index contributed by atoms with van der Waals surface area (Å²) in [5.41, 5.74) is 0. The molecule has 1 amide bonds. The summed E-state index contributed by atoms with van der Waals surface area (Å²) in [5, 5.41) is 0.772. The molecule has 1 rings (SSSR count). The number of amides is 1. The maximum atomic E-state index is 11.8. The van der Waals surface area contributed by atoms with E-state index in [9.17, 15) is 4.79 Å². The van der Waals surface area contributed by atoms with Crippen molar-refractivity contribution in [2.24, 2.45) is 0 Å². The Kier molecular flexibility index (Phi) is 4.68. The van der Waals surface area contributed by atoms with Crippen LogP contribution in [-0.2, 0) is 0 Å². The first-order valence-corrected chi connectivity index (χ1v) is 6.21. The first-order chi connectivity index (χ1) is 6.69. The fourth-order valence-corrected chi connectivity index (χ4v) is 1.83. The fraction of sp³-hybridized carbons (Fsp3) is 0.444. The van der Waals surface area contributed by atoms with Crippen molar-refractivity contribution in [1.82, 2.24) is 4.90 Å². The lowest BCUT2D eigenvalue weighted by Crippen LogP contribution is -2.32. The summed E-state index contributed by atoms with van der Waals surface area (Å²) in [6.07, 6.45) is 0. The second kappa shape index (κ2) is 5.56. The van der Waals surface area contributed by atoms with Crippen molar-refractivity contribution in [3.63, 3.8) is 0 Å². The van der Waals surface area contributed by atoms with E-state index in [1.807, 2.05) is 6.92 Å². The zero-order valence-corrected chi connectivity index (χ0v) is 11.0. The number of rotatable bonds is 4. The Morgan fingerprint density at radius 3 is 2.71 bits per heavy atom. The van der Waals surface area contributed by atoms with Crippen LogP contribution < -0.4 is 0 Å². The van der Waals surface area contributed by atoms with Gasteiger partial charge in [0.05, 0.1) is 0 Å². The Morgan fingerprint density at radius 1 is 1.57 bits per heavy atom. The normalized spacial score (nSPS) is 10.2. The van der Waals surface area contributed by atoms with Gasteiger partial charge >= 0.3 is 0 Å². The second-order valence-corrected chi connectivity index (χ2v) is 4.25. The summed E-state index contributed by atoms with van der Waals surface area (Å²) >= 11 is 6.47. The third kappa shape index (κ3) is 2.85. The largest absolute Gasteiger partial charge is 0.444 e. The Bertz CT molecular complexity index is 312. The first kappa shape index (κ1) is 11.8. The van der Waals surface area contributed by atoms with E-state index in [1.54, 1.807) is 17.0 Å². The third-order valence-corrected chi connectivity index (χ3v) is 2.59. The van der Waals surface area contributed by atoms with Gasteiger partial charge in [0.1, 0.15) is 0 Å². The van der Waals surface area contributed by atoms with Gasteiger partial charge in [-0.1, -0.05) is 15.9 Å². The highest BCUT2D eigenvalue weighted by molar-refractivity contribution is 9.10. The topological polar surface area (TPSA) is 33.5 Å². The number of carbonyl (C=O) groups is 1. The highest BCUT2D eigenvalue weighted by atomic mass is 79.9. The van der Waals surface area contributed by atoms with Crippen LogP contribution in [0.15, 0.2) is 21.2 Å². The molecule has 3 nitrogen and oxygen atoms in total. The molecule has 78 valence electrons. The Balaban J connectivity index is 2.72. The van der Waals surface area contributed by atoms with Gasteiger partial charge in [0, 0.05) is 18.4 Å². The quantitative estimate of drug-likeness (QED) is 0.798. The van der Waals surface area contributed by atoms with Crippen LogP contribution in [0.2, 0.25) is 0 Å². The van der Waals surface area contributed by atoms with Crippen LogP contribution >= 0.6 is 31.9 Å². The van der Waals surface area contributed by atoms with Gasteiger partial charge in [-0.15, -0.1) is 0 Å². The Morgan fingerprint density at radius 2 is 2.29 bits per heavy atom. The highest BCUT2D eigenvalue weighted by Crippen LogP contribution is 2.15. The summed E-state index contributed by atoms with van der Waals surface area (Å²) in [6.45, 7) is 3.31. The molecule has 0 atom stereocenters. The molecule has 0 aliphatic rings. The van der Waals surface area contributed by atoms with Crippen LogP contribution in [0, 0.1) is 0 Å². The Labute approximate surface area is 99.7 Å². The second-order valence-electron chi connectivity index (χ2n) is 2.68. The maximum Gasteiger partial charge on any atom is 0.289 e. The minimum Gasteiger partial charge on any atom is -0.444 e. The monoisotopic (exact) mass is 323 g/mol. The molecular weight excluding hydrogens is 314 g/mol. The van der Waals surface area contributed by atoms with Crippen molar-refractivity contribution in [2.75, 3.05) is 18.4 Å². The van der Waals surface area contributed by atoms with Crippen LogP contribution in [0.25, 0.3) is 0 Å². The van der Waals surface area contributed by atoms with Gasteiger partial charge in [0.15, 0.2) is 10.4 Å². The molecule has 0 bridgehead atoms. The number of furan rings is 1.